The van der Waals surface area contributed by atoms with Gasteiger partial charge in [-0.3, -0.25) is 9.69 Å². The lowest BCUT2D eigenvalue weighted by molar-refractivity contribution is 0.101. The smallest absolute Gasteiger partial charge is 0.321 e. The molecule has 0 atom stereocenters. The second-order valence-electron chi connectivity index (χ2n) is 4.56. The molecule has 0 bridgehead atoms. The topological polar surface area (TPSA) is 49.4 Å². The maximum atomic E-state index is 11.9. The fraction of sp³-hybridized carbons (Fsp3) is 0.429. The van der Waals surface area contributed by atoms with E-state index in [2.05, 4.69) is 5.32 Å². The Balaban J connectivity index is 2.47. The zero-order chi connectivity index (χ0) is 13.1. The van der Waals surface area contributed by atoms with Crippen LogP contribution in [0.15, 0.2) is 18.2 Å². The molecule has 0 aliphatic carbocycles. The third-order valence-corrected chi connectivity index (χ3v) is 3.32. The van der Waals surface area contributed by atoms with E-state index < -0.39 is 0 Å². The van der Waals surface area contributed by atoms with Crippen LogP contribution in [0.3, 0.4) is 0 Å². The van der Waals surface area contributed by atoms with E-state index in [1.54, 1.807) is 18.9 Å². The standard InChI is InChI=1S/C14H18N2O2/c1-10(17)12-7-6-11-5-3-4-8-16(13(11)9-12)14(18)15-2/h6-7,9H,3-5,8H2,1-2H3,(H,15,18). The van der Waals surface area contributed by atoms with Gasteiger partial charge in [0, 0.05) is 24.8 Å². The Bertz CT molecular complexity index is 483. The number of nitrogens with one attached hydrogen (secondary N) is 1. The lowest BCUT2D eigenvalue weighted by Gasteiger charge is -2.22. The number of carbonyl (C=O) groups is 2. The highest BCUT2D eigenvalue weighted by molar-refractivity contribution is 5.98. The zero-order valence-corrected chi connectivity index (χ0v) is 10.8. The first-order valence-electron chi connectivity index (χ1n) is 6.26. The molecule has 1 aromatic rings. The summed E-state index contributed by atoms with van der Waals surface area (Å²) in [5, 5.41) is 2.65. The van der Waals surface area contributed by atoms with E-state index in [1.165, 1.54) is 0 Å². The zero-order valence-electron chi connectivity index (χ0n) is 10.8. The molecule has 0 saturated carbocycles. The first-order valence-corrected chi connectivity index (χ1v) is 6.26. The summed E-state index contributed by atoms with van der Waals surface area (Å²) in [5.41, 5.74) is 2.67. The number of amides is 2. The van der Waals surface area contributed by atoms with Gasteiger partial charge in [-0.05, 0) is 37.8 Å². The molecule has 0 spiro atoms. The quantitative estimate of drug-likeness (QED) is 0.773. The van der Waals surface area contributed by atoms with Gasteiger partial charge in [0.05, 0.1) is 0 Å². The van der Waals surface area contributed by atoms with Crippen LogP contribution in [0, 0.1) is 0 Å². The highest BCUT2D eigenvalue weighted by Crippen LogP contribution is 2.27. The van der Waals surface area contributed by atoms with E-state index in [1.807, 2.05) is 18.2 Å². The van der Waals surface area contributed by atoms with Crippen LogP contribution in [0.5, 0.6) is 0 Å². The van der Waals surface area contributed by atoms with Crippen LogP contribution in [0.4, 0.5) is 10.5 Å². The SMILES string of the molecule is CNC(=O)N1CCCCc2ccc(C(C)=O)cc21. The van der Waals surface area contributed by atoms with Crippen molar-refractivity contribution in [2.24, 2.45) is 0 Å². The Morgan fingerprint density at radius 2 is 2.06 bits per heavy atom. The number of aryl methyl sites for hydroxylation is 1. The van der Waals surface area contributed by atoms with Crippen LogP contribution in [-0.2, 0) is 6.42 Å². The second kappa shape index (κ2) is 5.21. The van der Waals surface area contributed by atoms with E-state index in [0.717, 1.165) is 30.5 Å². The third-order valence-electron chi connectivity index (χ3n) is 3.32. The number of nitrogens with zero attached hydrogens (tertiary/aromatic N) is 1. The normalized spacial score (nSPS) is 14.7. The average Bonchev–Trinajstić information content (AvgIpc) is 2.59. The van der Waals surface area contributed by atoms with E-state index in [9.17, 15) is 9.59 Å². The van der Waals surface area contributed by atoms with Gasteiger partial charge >= 0.3 is 6.03 Å². The monoisotopic (exact) mass is 246 g/mol. The second-order valence-corrected chi connectivity index (χ2v) is 4.56. The van der Waals surface area contributed by atoms with Crippen LogP contribution < -0.4 is 10.2 Å². The molecular formula is C14H18N2O2. The van der Waals surface area contributed by atoms with E-state index in [-0.39, 0.29) is 11.8 Å². The summed E-state index contributed by atoms with van der Waals surface area (Å²) in [6, 6.07) is 5.53. The Hall–Kier alpha value is -1.84. The lowest BCUT2D eigenvalue weighted by atomic mass is 10.0. The Labute approximate surface area is 107 Å². The minimum absolute atomic E-state index is 0.0268. The van der Waals surface area contributed by atoms with Gasteiger partial charge in [0.1, 0.15) is 0 Å². The average molecular weight is 246 g/mol. The van der Waals surface area contributed by atoms with E-state index >= 15 is 0 Å². The number of urea groups is 1. The predicted molar refractivity (Wildman–Crippen MR) is 71.2 cm³/mol. The summed E-state index contributed by atoms with van der Waals surface area (Å²) in [6.45, 7) is 2.25. The van der Waals surface area contributed by atoms with Gasteiger partial charge in [-0.1, -0.05) is 12.1 Å². The summed E-state index contributed by atoms with van der Waals surface area (Å²) in [6.07, 6.45) is 3.01. The van der Waals surface area contributed by atoms with Crippen LogP contribution in [0.2, 0.25) is 0 Å². The molecule has 1 heterocycles. The van der Waals surface area contributed by atoms with Crippen molar-refractivity contribution in [2.45, 2.75) is 26.2 Å². The molecule has 0 unspecified atom stereocenters. The maximum absolute atomic E-state index is 11.9. The van der Waals surface area contributed by atoms with Crippen LogP contribution in [0.1, 0.15) is 35.7 Å². The molecule has 0 aromatic heterocycles. The van der Waals surface area contributed by atoms with Crippen molar-refractivity contribution in [3.05, 3.63) is 29.3 Å². The molecule has 4 nitrogen and oxygen atoms in total. The number of anilines is 1. The summed E-state index contributed by atoms with van der Waals surface area (Å²) in [7, 11) is 1.63. The number of Topliss-reactive ketones (excluding diaryl/α,β-unsaturated/α-hetero) is 1. The van der Waals surface area contributed by atoms with Gasteiger partial charge in [0.15, 0.2) is 5.78 Å². The third kappa shape index (κ3) is 2.37. The first-order chi connectivity index (χ1) is 8.63. The summed E-state index contributed by atoms with van der Waals surface area (Å²) >= 11 is 0. The Morgan fingerprint density at radius 3 is 2.72 bits per heavy atom. The molecule has 2 amide bonds. The maximum Gasteiger partial charge on any atom is 0.321 e. The van der Waals surface area contributed by atoms with Crippen molar-refractivity contribution in [1.29, 1.82) is 0 Å². The van der Waals surface area contributed by atoms with Gasteiger partial charge in [-0.2, -0.15) is 0 Å². The lowest BCUT2D eigenvalue weighted by Crippen LogP contribution is -2.38. The number of carbonyl (C=O) groups excluding carboxylic acids is 2. The van der Waals surface area contributed by atoms with Crippen LogP contribution in [-0.4, -0.2) is 25.4 Å². The minimum Gasteiger partial charge on any atom is -0.341 e. The largest absolute Gasteiger partial charge is 0.341 e. The number of fused-ring (bicyclic) bond motifs is 1. The molecule has 2 rings (SSSR count). The molecule has 0 fully saturated rings. The van der Waals surface area contributed by atoms with Crippen molar-refractivity contribution in [3.63, 3.8) is 0 Å². The van der Waals surface area contributed by atoms with Gasteiger partial charge in [-0.15, -0.1) is 0 Å². The number of rotatable bonds is 1. The number of benzene rings is 1. The van der Waals surface area contributed by atoms with Crippen molar-refractivity contribution >= 4 is 17.5 Å². The van der Waals surface area contributed by atoms with E-state index in [0.29, 0.717) is 12.1 Å². The molecule has 1 aromatic carbocycles. The van der Waals surface area contributed by atoms with Crippen molar-refractivity contribution in [1.82, 2.24) is 5.32 Å². The fourth-order valence-corrected chi connectivity index (χ4v) is 2.30. The van der Waals surface area contributed by atoms with Gasteiger partial charge < -0.3 is 5.32 Å². The number of hydrogen-bond donors (Lipinski definition) is 1. The minimum atomic E-state index is -0.112. The first kappa shape index (κ1) is 12.6. The molecule has 1 aliphatic heterocycles. The number of ketones is 1. The molecular weight excluding hydrogens is 228 g/mol. The molecule has 4 heteroatoms. The molecule has 1 N–H and O–H groups in total. The Kier molecular flexibility index (Phi) is 3.65. The van der Waals surface area contributed by atoms with Gasteiger partial charge in [-0.25, -0.2) is 4.79 Å². The Morgan fingerprint density at radius 1 is 1.28 bits per heavy atom. The van der Waals surface area contributed by atoms with Crippen LogP contribution in [0.25, 0.3) is 0 Å². The molecule has 0 radical (unpaired) electrons. The van der Waals surface area contributed by atoms with Crippen molar-refractivity contribution < 1.29 is 9.59 Å². The summed E-state index contributed by atoms with van der Waals surface area (Å²) in [4.78, 5) is 25.1. The molecule has 18 heavy (non-hydrogen) atoms. The van der Waals surface area contributed by atoms with Gasteiger partial charge in [0.2, 0.25) is 0 Å². The van der Waals surface area contributed by atoms with E-state index in [4.69, 9.17) is 0 Å². The van der Waals surface area contributed by atoms with Crippen molar-refractivity contribution in [3.8, 4) is 0 Å². The van der Waals surface area contributed by atoms with Crippen molar-refractivity contribution in [2.75, 3.05) is 18.5 Å². The summed E-state index contributed by atoms with van der Waals surface area (Å²) in [5.74, 6) is 0.0268. The highest BCUT2D eigenvalue weighted by atomic mass is 16.2. The highest BCUT2D eigenvalue weighted by Gasteiger charge is 2.21. The van der Waals surface area contributed by atoms with Gasteiger partial charge in [0.25, 0.3) is 0 Å². The number of hydrogen-bond acceptors (Lipinski definition) is 2. The molecule has 0 saturated heterocycles. The molecule has 1 aliphatic rings. The fourth-order valence-electron chi connectivity index (χ4n) is 2.30. The van der Waals surface area contributed by atoms with Crippen LogP contribution >= 0.6 is 0 Å². The summed E-state index contributed by atoms with van der Waals surface area (Å²) < 4.78 is 0. The molecule has 96 valence electrons. The predicted octanol–water partition coefficient (Wildman–Crippen LogP) is 2.37.